The maximum Gasteiger partial charge on any atom is 0.256 e. The number of methoxy groups -OCH3 is 1. The molecule has 0 N–H and O–H groups in total. The second kappa shape index (κ2) is 5.50. The summed E-state index contributed by atoms with van der Waals surface area (Å²) in [6.07, 6.45) is 2.71. The summed E-state index contributed by atoms with van der Waals surface area (Å²) in [7, 11) is 1.59. The molecule has 0 aliphatic carbocycles. The van der Waals surface area contributed by atoms with Crippen molar-refractivity contribution in [3.8, 4) is 5.88 Å². The first-order valence-electron chi connectivity index (χ1n) is 7.26. The van der Waals surface area contributed by atoms with E-state index in [0.29, 0.717) is 23.5 Å². The Bertz CT molecular complexity index is 552. The molecule has 1 aromatic rings. The first kappa shape index (κ1) is 14.7. The second-order valence-corrected chi connectivity index (χ2v) is 6.64. The fourth-order valence-electron chi connectivity index (χ4n) is 3.32. The average molecular weight is 307 g/mol. The van der Waals surface area contributed by atoms with Crippen LogP contribution in [-0.4, -0.2) is 58.3 Å². The van der Waals surface area contributed by atoms with Gasteiger partial charge in [0.1, 0.15) is 0 Å². The lowest BCUT2D eigenvalue weighted by atomic mass is 9.86. The number of amides is 1. The zero-order valence-electron chi connectivity index (χ0n) is 12.6. The van der Waals surface area contributed by atoms with E-state index in [1.165, 1.54) is 0 Å². The van der Waals surface area contributed by atoms with Gasteiger partial charge in [-0.25, -0.2) is 4.98 Å². The number of piperidine rings is 1. The van der Waals surface area contributed by atoms with E-state index in [-0.39, 0.29) is 11.3 Å². The number of aromatic nitrogens is 1. The Morgan fingerprint density at radius 1 is 1.48 bits per heavy atom. The minimum absolute atomic E-state index is 0.0842. The van der Waals surface area contributed by atoms with E-state index in [4.69, 9.17) is 4.74 Å². The van der Waals surface area contributed by atoms with Crippen molar-refractivity contribution < 1.29 is 9.53 Å². The Morgan fingerprint density at radius 2 is 2.14 bits per heavy atom. The van der Waals surface area contributed by atoms with Gasteiger partial charge in [-0.15, -0.1) is 0 Å². The molecular formula is C15H21N3O2S. The number of piperazine rings is 1. The molecule has 3 rings (SSSR count). The lowest BCUT2D eigenvalue weighted by molar-refractivity contribution is -0.0491. The Kier molecular flexibility index (Phi) is 3.84. The average Bonchev–Trinajstić information content (AvgIpc) is 2.47. The van der Waals surface area contributed by atoms with Crippen LogP contribution < -0.4 is 4.74 Å². The zero-order valence-corrected chi connectivity index (χ0v) is 13.5. The van der Waals surface area contributed by atoms with Crippen molar-refractivity contribution in [2.75, 3.05) is 20.2 Å². The first-order valence-corrected chi connectivity index (χ1v) is 7.78. The molecule has 0 aromatic carbocycles. The highest BCUT2D eigenvalue weighted by molar-refractivity contribution is 7.80. The molecule has 2 fully saturated rings. The fraction of sp³-hybridized carbons (Fsp3) is 0.600. The number of likely N-dealkylation sites (tertiary alicyclic amines) is 2. The largest absolute Gasteiger partial charge is 0.481 e. The summed E-state index contributed by atoms with van der Waals surface area (Å²) in [5.74, 6) is 0.659. The number of hydrogen-bond donors (Lipinski definition) is 1. The van der Waals surface area contributed by atoms with E-state index in [1.54, 1.807) is 13.3 Å². The standard InChI is InChI=1S/C15H21N3O2S/c1-9-4-11(6-16-14(9)20-3)15(19)18-12-5-13(18)8-17(7-12)10(2)21/h4,6,10,12-13,21H,5,7-8H2,1-3H3. The number of nitrogens with zero attached hydrogens (tertiary/aromatic N) is 3. The van der Waals surface area contributed by atoms with Crippen molar-refractivity contribution in [3.05, 3.63) is 23.4 Å². The molecule has 21 heavy (non-hydrogen) atoms. The third-order valence-corrected chi connectivity index (χ3v) is 4.78. The minimum atomic E-state index is 0.0842. The van der Waals surface area contributed by atoms with Crippen molar-refractivity contribution in [2.24, 2.45) is 0 Å². The molecule has 2 aliphatic heterocycles. The summed E-state index contributed by atoms with van der Waals surface area (Å²) in [4.78, 5) is 21.2. The fourth-order valence-corrected chi connectivity index (χ4v) is 3.51. The molecule has 2 saturated heterocycles. The maximum atomic E-state index is 12.7. The number of aryl methyl sites for hydroxylation is 1. The molecule has 114 valence electrons. The van der Waals surface area contributed by atoms with Gasteiger partial charge in [-0.2, -0.15) is 12.6 Å². The van der Waals surface area contributed by atoms with E-state index in [9.17, 15) is 4.79 Å². The van der Waals surface area contributed by atoms with Gasteiger partial charge in [0.25, 0.3) is 5.91 Å². The Hall–Kier alpha value is -1.27. The van der Waals surface area contributed by atoms with Gasteiger partial charge in [-0.05, 0) is 26.3 Å². The van der Waals surface area contributed by atoms with Crippen molar-refractivity contribution >= 4 is 18.5 Å². The topological polar surface area (TPSA) is 45.7 Å². The molecule has 0 spiro atoms. The van der Waals surface area contributed by atoms with Crippen molar-refractivity contribution in [2.45, 2.75) is 37.7 Å². The van der Waals surface area contributed by atoms with Gasteiger partial charge < -0.3 is 9.64 Å². The molecule has 1 amide bonds. The van der Waals surface area contributed by atoms with Crippen LogP contribution in [0.2, 0.25) is 0 Å². The number of carbonyl (C=O) groups excluding carboxylic acids is 1. The Balaban J connectivity index is 1.74. The van der Waals surface area contributed by atoms with Gasteiger partial charge >= 0.3 is 0 Å². The predicted octanol–water partition coefficient (Wildman–Crippen LogP) is 1.57. The van der Waals surface area contributed by atoms with E-state index in [0.717, 1.165) is 25.1 Å². The smallest absolute Gasteiger partial charge is 0.256 e. The van der Waals surface area contributed by atoms with Crippen LogP contribution >= 0.6 is 12.6 Å². The van der Waals surface area contributed by atoms with Crippen LogP contribution in [0.1, 0.15) is 29.3 Å². The normalized spacial score (nSPS) is 26.2. The highest BCUT2D eigenvalue weighted by atomic mass is 32.1. The number of hydrogen-bond acceptors (Lipinski definition) is 5. The van der Waals surface area contributed by atoms with Crippen LogP contribution in [0.25, 0.3) is 0 Å². The third kappa shape index (κ3) is 2.51. The predicted molar refractivity (Wildman–Crippen MR) is 83.9 cm³/mol. The molecule has 0 saturated carbocycles. The van der Waals surface area contributed by atoms with Crippen LogP contribution in [-0.2, 0) is 0 Å². The number of rotatable bonds is 3. The quantitative estimate of drug-likeness (QED) is 0.861. The van der Waals surface area contributed by atoms with Crippen LogP contribution in [0.15, 0.2) is 12.3 Å². The lowest BCUT2D eigenvalue weighted by Crippen LogP contribution is -2.70. The molecule has 3 atom stereocenters. The highest BCUT2D eigenvalue weighted by Gasteiger charge is 2.47. The SMILES string of the molecule is COc1ncc(C(=O)N2C3CC2CN(C(C)S)C3)cc1C. The summed E-state index contributed by atoms with van der Waals surface area (Å²) in [6.45, 7) is 5.81. The molecular weight excluding hydrogens is 286 g/mol. The molecule has 6 heteroatoms. The minimum Gasteiger partial charge on any atom is -0.481 e. The highest BCUT2D eigenvalue weighted by Crippen LogP contribution is 2.35. The molecule has 5 nitrogen and oxygen atoms in total. The van der Waals surface area contributed by atoms with Gasteiger partial charge in [-0.3, -0.25) is 9.69 Å². The number of fused-ring (bicyclic) bond motifs is 2. The zero-order chi connectivity index (χ0) is 15.1. The first-order chi connectivity index (χ1) is 10.0. The monoisotopic (exact) mass is 307 g/mol. The van der Waals surface area contributed by atoms with Gasteiger partial charge in [0.2, 0.25) is 5.88 Å². The van der Waals surface area contributed by atoms with Gasteiger partial charge in [0.05, 0.1) is 18.0 Å². The molecule has 1 aromatic heterocycles. The van der Waals surface area contributed by atoms with E-state index in [1.807, 2.05) is 17.9 Å². The molecule has 0 radical (unpaired) electrons. The van der Waals surface area contributed by atoms with Gasteiger partial charge in [-0.1, -0.05) is 0 Å². The summed E-state index contributed by atoms with van der Waals surface area (Å²) >= 11 is 4.49. The van der Waals surface area contributed by atoms with Crippen LogP contribution in [0, 0.1) is 6.92 Å². The third-order valence-electron chi connectivity index (χ3n) is 4.45. The number of thiol groups is 1. The summed E-state index contributed by atoms with van der Waals surface area (Å²) in [6, 6.07) is 2.49. The maximum absolute atomic E-state index is 12.7. The van der Waals surface area contributed by atoms with E-state index < -0.39 is 0 Å². The van der Waals surface area contributed by atoms with E-state index >= 15 is 0 Å². The second-order valence-electron chi connectivity index (χ2n) is 5.89. The van der Waals surface area contributed by atoms with Crippen molar-refractivity contribution in [1.82, 2.24) is 14.8 Å². The molecule has 2 aliphatic rings. The summed E-state index contributed by atoms with van der Waals surface area (Å²) in [5, 5.41) is 0.248. The van der Waals surface area contributed by atoms with Crippen LogP contribution in [0.5, 0.6) is 5.88 Å². The molecule has 2 bridgehead atoms. The van der Waals surface area contributed by atoms with Crippen LogP contribution in [0.4, 0.5) is 0 Å². The summed E-state index contributed by atoms with van der Waals surface area (Å²) < 4.78 is 5.14. The van der Waals surface area contributed by atoms with Crippen LogP contribution in [0.3, 0.4) is 0 Å². The summed E-state index contributed by atoms with van der Waals surface area (Å²) in [5.41, 5.74) is 1.54. The number of pyridine rings is 1. The number of ether oxygens (including phenoxy) is 1. The Labute approximate surface area is 130 Å². The van der Waals surface area contributed by atoms with Gasteiger partial charge in [0.15, 0.2) is 0 Å². The van der Waals surface area contributed by atoms with Crippen molar-refractivity contribution in [3.63, 3.8) is 0 Å². The lowest BCUT2D eigenvalue weighted by Gasteiger charge is -2.57. The molecule has 3 unspecified atom stereocenters. The van der Waals surface area contributed by atoms with Gasteiger partial charge in [0, 0.05) is 36.9 Å². The van der Waals surface area contributed by atoms with Crippen molar-refractivity contribution in [1.29, 1.82) is 0 Å². The molecule has 3 heterocycles. The Morgan fingerprint density at radius 3 is 2.67 bits per heavy atom. The number of carbonyl (C=O) groups is 1. The van der Waals surface area contributed by atoms with E-state index in [2.05, 4.69) is 29.4 Å².